The predicted octanol–water partition coefficient (Wildman–Crippen LogP) is -7.44. The Morgan fingerprint density at radius 1 is 0.595 bits per heavy atom. The molecule has 4 rings (SSSR count). The molecular weight excluding hydrogens is 566 g/mol. The van der Waals surface area contributed by atoms with E-state index in [0.717, 1.165) is 0 Å². The van der Waals surface area contributed by atoms with E-state index >= 15 is 0 Å². The number of hydrogen-bond donors (Lipinski definition) is 12. The van der Waals surface area contributed by atoms with Crippen LogP contribution in [0.5, 0.6) is 0 Å². The molecule has 17 N–H and O–H groups in total. The highest BCUT2D eigenvalue weighted by Crippen LogP contribution is 2.34. The highest BCUT2D eigenvalue weighted by atomic mass is 16.8. The molecule has 0 aromatic rings. The molecule has 42 heavy (non-hydrogen) atoms. The normalized spacial score (nSPS) is 53.8. The van der Waals surface area contributed by atoms with Crippen molar-refractivity contribution in [3.63, 3.8) is 0 Å². The zero-order chi connectivity index (χ0) is 31.0. The smallest absolute Gasteiger partial charge is 0.187 e. The lowest BCUT2D eigenvalue weighted by Crippen LogP contribution is -2.67. The number of nitrogens with two attached hydrogens (primary N) is 5. The zero-order valence-corrected chi connectivity index (χ0v) is 23.3. The third-order valence-corrected chi connectivity index (χ3v) is 8.54. The van der Waals surface area contributed by atoms with E-state index in [1.54, 1.807) is 6.92 Å². The summed E-state index contributed by atoms with van der Waals surface area (Å²) in [5.74, 6) is 0. The van der Waals surface area contributed by atoms with Crippen molar-refractivity contribution in [1.29, 1.82) is 0 Å². The third kappa shape index (κ3) is 6.62. The molecule has 18 nitrogen and oxygen atoms in total. The Hall–Kier alpha value is -0.720. The van der Waals surface area contributed by atoms with E-state index in [1.165, 1.54) is 0 Å². The van der Waals surface area contributed by atoms with Gasteiger partial charge in [0.25, 0.3) is 0 Å². The van der Waals surface area contributed by atoms with E-state index in [2.05, 4.69) is 0 Å². The van der Waals surface area contributed by atoms with E-state index in [-0.39, 0.29) is 13.0 Å². The fourth-order valence-corrected chi connectivity index (χ4v) is 5.89. The Morgan fingerprint density at radius 3 is 1.64 bits per heavy atom. The first-order chi connectivity index (χ1) is 19.8. The monoisotopic (exact) mass is 613 g/mol. The topological polar surface area (TPSA) is 327 Å². The van der Waals surface area contributed by atoms with Crippen molar-refractivity contribution >= 4 is 0 Å². The van der Waals surface area contributed by atoms with Crippen LogP contribution in [-0.4, -0.2) is 165 Å². The van der Waals surface area contributed by atoms with Crippen LogP contribution in [0.3, 0.4) is 0 Å². The van der Waals surface area contributed by atoms with Crippen molar-refractivity contribution in [1.82, 2.24) is 0 Å². The maximum absolute atomic E-state index is 11.1. The molecule has 0 amide bonds. The molecule has 18 heteroatoms. The molecule has 3 aliphatic heterocycles. The van der Waals surface area contributed by atoms with Crippen LogP contribution in [0.1, 0.15) is 19.8 Å². The Bertz CT molecular complexity index is 866. The molecule has 0 aromatic carbocycles. The van der Waals surface area contributed by atoms with E-state index in [4.69, 9.17) is 57.1 Å². The minimum Gasteiger partial charge on any atom is -0.394 e. The van der Waals surface area contributed by atoms with Gasteiger partial charge in [0.1, 0.15) is 61.0 Å². The average Bonchev–Trinajstić information content (AvgIpc) is 3.27. The number of hydrogen-bond acceptors (Lipinski definition) is 18. The molecule has 1 aliphatic carbocycles. The molecule has 0 spiro atoms. The molecule has 3 saturated heterocycles. The van der Waals surface area contributed by atoms with E-state index in [1.807, 2.05) is 0 Å². The molecule has 0 radical (unpaired) electrons. The maximum atomic E-state index is 11.1. The first kappa shape index (κ1) is 34.2. The highest BCUT2D eigenvalue weighted by molar-refractivity contribution is 5.02. The first-order valence-electron chi connectivity index (χ1n) is 14.2. The van der Waals surface area contributed by atoms with Gasteiger partial charge in [0, 0.05) is 18.6 Å². The van der Waals surface area contributed by atoms with Gasteiger partial charge in [-0.3, -0.25) is 0 Å². The summed E-state index contributed by atoms with van der Waals surface area (Å²) in [6.07, 6.45) is -18.7. The average molecular weight is 614 g/mol. The summed E-state index contributed by atoms with van der Waals surface area (Å²) in [5, 5.41) is 73.2. The molecule has 19 atom stereocenters. The molecule has 4 aliphatic rings. The summed E-state index contributed by atoms with van der Waals surface area (Å²) in [6.45, 7) is 0.952. The second-order valence-corrected chi connectivity index (χ2v) is 11.4. The van der Waals surface area contributed by atoms with Gasteiger partial charge in [-0.2, -0.15) is 0 Å². The number of rotatable bonds is 9. The standard InChI is InChI=1S/C24H47N5O13/c1-2-8-14(32)16(34)11(28)22(37-8)40-19-7(27)3-6(26)13(31)21(19)42-24-18(36)20(10(5-30)39-24)41-23-12(29)17(35)15(33)9(4-25)38-23/h6-24,30-36H,2-5,25-29H2,1H3. The minimum atomic E-state index is -1.59. The van der Waals surface area contributed by atoms with Gasteiger partial charge in [0.15, 0.2) is 18.9 Å². The van der Waals surface area contributed by atoms with Gasteiger partial charge in [0.2, 0.25) is 0 Å². The molecular formula is C24H47N5O13. The SMILES string of the molecule is CCC1OC(OC2C(N)CC(N)C(O)C2OC2OC(CO)C(OC3OC(CN)C(O)C(O)C3N)C2O)C(N)C(O)C1O. The molecule has 0 aromatic heterocycles. The van der Waals surface area contributed by atoms with Crippen LogP contribution in [0.4, 0.5) is 0 Å². The van der Waals surface area contributed by atoms with Crippen LogP contribution in [0, 0.1) is 0 Å². The summed E-state index contributed by atoms with van der Waals surface area (Å²) in [7, 11) is 0. The molecule has 246 valence electrons. The van der Waals surface area contributed by atoms with Gasteiger partial charge in [0.05, 0.1) is 30.9 Å². The van der Waals surface area contributed by atoms with Crippen LogP contribution in [0.25, 0.3) is 0 Å². The molecule has 19 unspecified atom stereocenters. The van der Waals surface area contributed by atoms with Crippen LogP contribution in [-0.2, 0) is 28.4 Å². The summed E-state index contributed by atoms with van der Waals surface area (Å²) in [4.78, 5) is 0. The van der Waals surface area contributed by atoms with Gasteiger partial charge >= 0.3 is 0 Å². The Morgan fingerprint density at radius 2 is 1.10 bits per heavy atom. The van der Waals surface area contributed by atoms with Crippen LogP contribution in [0.2, 0.25) is 0 Å². The minimum absolute atomic E-state index is 0.114. The van der Waals surface area contributed by atoms with Crippen molar-refractivity contribution in [2.24, 2.45) is 28.7 Å². The van der Waals surface area contributed by atoms with Crippen molar-refractivity contribution in [2.75, 3.05) is 13.2 Å². The van der Waals surface area contributed by atoms with E-state index in [0.29, 0.717) is 6.42 Å². The van der Waals surface area contributed by atoms with Gasteiger partial charge in [-0.25, -0.2) is 0 Å². The van der Waals surface area contributed by atoms with Crippen molar-refractivity contribution < 1.29 is 64.2 Å². The zero-order valence-electron chi connectivity index (χ0n) is 23.3. The second kappa shape index (κ2) is 14.1. The summed E-state index contributed by atoms with van der Waals surface area (Å²) >= 11 is 0. The lowest BCUT2D eigenvalue weighted by Gasteiger charge is -2.47. The van der Waals surface area contributed by atoms with Crippen molar-refractivity contribution in [2.45, 2.75) is 136 Å². The van der Waals surface area contributed by atoms with Gasteiger partial charge in [-0.15, -0.1) is 0 Å². The van der Waals surface area contributed by atoms with Gasteiger partial charge < -0.3 is 92.8 Å². The lowest BCUT2D eigenvalue weighted by molar-refractivity contribution is -0.308. The third-order valence-electron chi connectivity index (χ3n) is 8.54. The van der Waals surface area contributed by atoms with E-state index in [9.17, 15) is 35.7 Å². The molecule has 1 saturated carbocycles. The first-order valence-corrected chi connectivity index (χ1v) is 14.2. The fourth-order valence-electron chi connectivity index (χ4n) is 5.89. The predicted molar refractivity (Wildman–Crippen MR) is 140 cm³/mol. The van der Waals surface area contributed by atoms with Crippen molar-refractivity contribution in [3.8, 4) is 0 Å². The number of ether oxygens (including phenoxy) is 6. The van der Waals surface area contributed by atoms with Gasteiger partial charge in [-0.05, 0) is 12.8 Å². The lowest BCUT2D eigenvalue weighted by atomic mass is 9.84. The number of aliphatic hydroxyl groups is 7. The maximum Gasteiger partial charge on any atom is 0.187 e. The summed E-state index contributed by atoms with van der Waals surface area (Å²) < 4.78 is 34.9. The molecule has 4 fully saturated rings. The second-order valence-electron chi connectivity index (χ2n) is 11.4. The Balaban J connectivity index is 1.50. The molecule has 3 heterocycles. The Kier molecular flexibility index (Phi) is 11.5. The number of aliphatic hydroxyl groups excluding tert-OH is 7. The van der Waals surface area contributed by atoms with E-state index < -0.39 is 123 Å². The quantitative estimate of drug-likeness (QED) is 0.115. The van der Waals surface area contributed by atoms with Crippen LogP contribution in [0.15, 0.2) is 0 Å². The fraction of sp³-hybridized carbons (Fsp3) is 1.00. The van der Waals surface area contributed by atoms with Crippen molar-refractivity contribution in [3.05, 3.63) is 0 Å². The van der Waals surface area contributed by atoms with Crippen LogP contribution < -0.4 is 28.7 Å². The Labute approximate surface area is 242 Å². The van der Waals surface area contributed by atoms with Gasteiger partial charge in [-0.1, -0.05) is 6.92 Å². The van der Waals surface area contributed by atoms with Crippen LogP contribution >= 0.6 is 0 Å². The largest absolute Gasteiger partial charge is 0.394 e. The summed E-state index contributed by atoms with van der Waals surface area (Å²) in [5.41, 5.74) is 30.1. The molecule has 0 bridgehead atoms. The summed E-state index contributed by atoms with van der Waals surface area (Å²) in [6, 6.07) is -4.07. The highest BCUT2D eigenvalue weighted by Gasteiger charge is 2.54.